The zero-order valence-corrected chi connectivity index (χ0v) is 11.4. The van der Waals surface area contributed by atoms with Gasteiger partial charge in [0.1, 0.15) is 6.04 Å². The van der Waals surface area contributed by atoms with Crippen molar-refractivity contribution in [1.29, 1.82) is 0 Å². The highest BCUT2D eigenvalue weighted by atomic mass is 16.6. The maximum atomic E-state index is 11.4. The largest absolute Gasteiger partial charge is 0.480 e. The molecule has 1 fully saturated rings. The molecule has 1 atom stereocenters. The molecular formula is C14H18N2O4. The summed E-state index contributed by atoms with van der Waals surface area (Å²) in [5, 5.41) is 20.1. The van der Waals surface area contributed by atoms with Crippen LogP contribution in [0.2, 0.25) is 0 Å². The number of hydrogen-bond acceptors (Lipinski definition) is 4. The molecule has 1 unspecified atom stereocenters. The Morgan fingerprint density at radius 1 is 1.40 bits per heavy atom. The van der Waals surface area contributed by atoms with Gasteiger partial charge in [-0.3, -0.25) is 10.1 Å². The molecule has 1 aromatic rings. The van der Waals surface area contributed by atoms with Crippen LogP contribution in [-0.2, 0) is 4.79 Å². The molecule has 1 aromatic carbocycles. The number of anilines is 1. The van der Waals surface area contributed by atoms with Crippen LogP contribution in [0.5, 0.6) is 0 Å². The van der Waals surface area contributed by atoms with Crippen molar-refractivity contribution in [2.75, 3.05) is 11.4 Å². The van der Waals surface area contributed by atoms with Gasteiger partial charge in [0.25, 0.3) is 5.69 Å². The van der Waals surface area contributed by atoms with Crippen molar-refractivity contribution in [3.8, 4) is 0 Å². The predicted molar refractivity (Wildman–Crippen MR) is 75.1 cm³/mol. The third kappa shape index (κ3) is 2.89. The lowest BCUT2D eigenvalue weighted by atomic mass is 10.1. The molecule has 0 radical (unpaired) electrons. The number of nitro groups is 1. The molecule has 0 saturated carbocycles. The molecule has 1 aliphatic heterocycles. The molecule has 0 aliphatic carbocycles. The summed E-state index contributed by atoms with van der Waals surface area (Å²) < 4.78 is 0. The average molecular weight is 278 g/mol. The smallest absolute Gasteiger partial charge is 0.326 e. The van der Waals surface area contributed by atoms with Crippen molar-refractivity contribution in [3.05, 3.63) is 33.9 Å². The number of benzene rings is 1. The van der Waals surface area contributed by atoms with Gasteiger partial charge < -0.3 is 10.0 Å². The fourth-order valence-corrected chi connectivity index (χ4v) is 2.73. The Morgan fingerprint density at radius 3 is 2.75 bits per heavy atom. The Bertz CT molecular complexity index is 530. The summed E-state index contributed by atoms with van der Waals surface area (Å²) in [6.07, 6.45) is 3.48. The first-order valence-corrected chi connectivity index (χ1v) is 6.75. The van der Waals surface area contributed by atoms with Gasteiger partial charge in [0, 0.05) is 24.4 Å². The first kappa shape index (κ1) is 14.3. The number of aryl methyl sites for hydroxylation is 1. The summed E-state index contributed by atoms with van der Waals surface area (Å²) in [4.78, 5) is 23.6. The molecule has 1 aliphatic rings. The normalized spacial score (nSPS) is 19.4. The van der Waals surface area contributed by atoms with Gasteiger partial charge in [-0.2, -0.15) is 0 Å². The lowest BCUT2D eigenvalue weighted by Crippen LogP contribution is -2.41. The summed E-state index contributed by atoms with van der Waals surface area (Å²) in [5.41, 5.74) is 1.56. The van der Waals surface area contributed by atoms with Gasteiger partial charge in [0.2, 0.25) is 0 Å². The number of nitro benzene ring substituents is 1. The monoisotopic (exact) mass is 278 g/mol. The molecule has 0 amide bonds. The molecule has 1 saturated heterocycles. The first-order chi connectivity index (χ1) is 9.50. The van der Waals surface area contributed by atoms with Gasteiger partial charge in [-0.15, -0.1) is 0 Å². The quantitative estimate of drug-likeness (QED) is 0.679. The molecule has 1 N–H and O–H groups in total. The van der Waals surface area contributed by atoms with Crippen molar-refractivity contribution in [1.82, 2.24) is 0 Å². The number of non-ortho nitro benzene ring substituents is 1. The van der Waals surface area contributed by atoms with Gasteiger partial charge in [-0.1, -0.05) is 12.8 Å². The SMILES string of the molecule is Cc1cc([N+](=O)[O-])ccc1N1CCCCCC1C(=O)O. The highest BCUT2D eigenvalue weighted by Crippen LogP contribution is 2.29. The number of carboxylic acids is 1. The molecule has 0 bridgehead atoms. The van der Waals surface area contributed by atoms with E-state index in [-0.39, 0.29) is 5.69 Å². The molecule has 0 spiro atoms. The van der Waals surface area contributed by atoms with E-state index in [1.807, 2.05) is 4.90 Å². The minimum Gasteiger partial charge on any atom is -0.480 e. The predicted octanol–water partition coefficient (Wildman–Crippen LogP) is 2.74. The minimum absolute atomic E-state index is 0.0351. The van der Waals surface area contributed by atoms with Gasteiger partial charge in [0.05, 0.1) is 4.92 Å². The van der Waals surface area contributed by atoms with Crippen molar-refractivity contribution in [2.24, 2.45) is 0 Å². The molecule has 2 rings (SSSR count). The van der Waals surface area contributed by atoms with Gasteiger partial charge >= 0.3 is 5.97 Å². The van der Waals surface area contributed by atoms with Crippen LogP contribution in [0.15, 0.2) is 18.2 Å². The number of rotatable bonds is 3. The highest BCUT2D eigenvalue weighted by Gasteiger charge is 2.28. The van der Waals surface area contributed by atoms with Crippen molar-refractivity contribution >= 4 is 17.3 Å². The Hall–Kier alpha value is -2.11. The number of carbonyl (C=O) groups is 1. The fourth-order valence-electron chi connectivity index (χ4n) is 2.73. The second-order valence-corrected chi connectivity index (χ2v) is 5.12. The van der Waals surface area contributed by atoms with E-state index < -0.39 is 16.9 Å². The molecule has 20 heavy (non-hydrogen) atoms. The van der Waals surface area contributed by atoms with Crippen LogP contribution in [0, 0.1) is 17.0 Å². The van der Waals surface area contributed by atoms with E-state index >= 15 is 0 Å². The number of nitrogens with zero attached hydrogens (tertiary/aromatic N) is 2. The molecular weight excluding hydrogens is 260 g/mol. The molecule has 108 valence electrons. The Labute approximate surface area is 117 Å². The van der Waals surface area contributed by atoms with Crippen molar-refractivity contribution in [3.63, 3.8) is 0 Å². The lowest BCUT2D eigenvalue weighted by molar-refractivity contribution is -0.384. The average Bonchev–Trinajstić information content (AvgIpc) is 2.64. The first-order valence-electron chi connectivity index (χ1n) is 6.75. The van der Waals surface area contributed by atoms with Crippen molar-refractivity contribution in [2.45, 2.75) is 38.6 Å². The van der Waals surface area contributed by atoms with E-state index in [2.05, 4.69) is 0 Å². The number of hydrogen-bond donors (Lipinski definition) is 1. The van der Waals surface area contributed by atoms with E-state index in [9.17, 15) is 20.0 Å². The molecule has 6 nitrogen and oxygen atoms in total. The van der Waals surface area contributed by atoms with Crippen LogP contribution in [0.3, 0.4) is 0 Å². The van der Waals surface area contributed by atoms with Crippen LogP contribution in [-0.4, -0.2) is 28.6 Å². The van der Waals surface area contributed by atoms with Gasteiger partial charge in [-0.25, -0.2) is 4.79 Å². The van der Waals surface area contributed by atoms with E-state index in [0.29, 0.717) is 13.0 Å². The maximum absolute atomic E-state index is 11.4. The minimum atomic E-state index is -0.829. The second-order valence-electron chi connectivity index (χ2n) is 5.12. The summed E-state index contributed by atoms with van der Waals surface area (Å²) in [6.45, 7) is 2.46. The summed E-state index contributed by atoms with van der Waals surface area (Å²) in [5.74, 6) is -0.829. The van der Waals surface area contributed by atoms with E-state index in [1.165, 1.54) is 12.1 Å². The van der Waals surface area contributed by atoms with Crippen molar-refractivity contribution < 1.29 is 14.8 Å². The van der Waals surface area contributed by atoms with E-state index in [0.717, 1.165) is 30.5 Å². The highest BCUT2D eigenvalue weighted by molar-refractivity contribution is 5.79. The summed E-state index contributed by atoms with van der Waals surface area (Å²) in [7, 11) is 0. The fraction of sp³-hybridized carbons (Fsp3) is 0.500. The molecule has 1 heterocycles. The van der Waals surface area contributed by atoms with Crippen LogP contribution in [0.4, 0.5) is 11.4 Å². The summed E-state index contributed by atoms with van der Waals surface area (Å²) in [6, 6.07) is 4.05. The Kier molecular flexibility index (Phi) is 4.22. The van der Waals surface area contributed by atoms with Crippen LogP contribution in [0.1, 0.15) is 31.2 Å². The number of carboxylic acid groups (broad SMARTS) is 1. The third-order valence-corrected chi connectivity index (χ3v) is 3.74. The summed E-state index contributed by atoms with van der Waals surface area (Å²) >= 11 is 0. The van der Waals surface area contributed by atoms with Gasteiger partial charge in [0.15, 0.2) is 0 Å². The zero-order valence-electron chi connectivity index (χ0n) is 11.4. The topological polar surface area (TPSA) is 83.7 Å². The van der Waals surface area contributed by atoms with Crippen LogP contribution in [0.25, 0.3) is 0 Å². The maximum Gasteiger partial charge on any atom is 0.326 e. The Morgan fingerprint density at radius 2 is 2.15 bits per heavy atom. The van der Waals surface area contributed by atoms with E-state index in [1.54, 1.807) is 13.0 Å². The van der Waals surface area contributed by atoms with E-state index in [4.69, 9.17) is 0 Å². The zero-order chi connectivity index (χ0) is 14.7. The van der Waals surface area contributed by atoms with Gasteiger partial charge in [-0.05, 0) is 31.4 Å². The van der Waals surface area contributed by atoms with Crippen LogP contribution >= 0.6 is 0 Å². The third-order valence-electron chi connectivity index (χ3n) is 3.74. The van der Waals surface area contributed by atoms with Crippen LogP contribution < -0.4 is 4.90 Å². The number of aliphatic carboxylic acids is 1. The second kappa shape index (κ2) is 5.90. The lowest BCUT2D eigenvalue weighted by Gasteiger charge is -2.30. The standard InChI is InChI=1S/C14H18N2O4/c1-10-9-11(16(19)20)6-7-12(10)15-8-4-2-3-5-13(15)14(17)18/h6-7,9,13H,2-5,8H2,1H3,(H,17,18). The molecule has 6 heteroatoms. The Balaban J connectivity index is 2.36. The molecule has 0 aromatic heterocycles.